The van der Waals surface area contributed by atoms with Crippen molar-refractivity contribution in [3.8, 4) is 0 Å². The Labute approximate surface area is 113 Å². The number of aromatic nitrogens is 1. The van der Waals surface area contributed by atoms with Crippen LogP contribution >= 0.6 is 0 Å². The highest BCUT2D eigenvalue weighted by atomic mass is 16.5. The number of carbonyl (C=O) groups excluding carboxylic acids is 1. The summed E-state index contributed by atoms with van der Waals surface area (Å²) in [5, 5.41) is 7.18. The minimum atomic E-state index is 0.0800. The zero-order valence-corrected chi connectivity index (χ0v) is 11.4. The maximum atomic E-state index is 12.2. The van der Waals surface area contributed by atoms with E-state index in [-0.39, 0.29) is 11.9 Å². The van der Waals surface area contributed by atoms with Gasteiger partial charge in [-0.1, -0.05) is 5.16 Å². The van der Waals surface area contributed by atoms with E-state index in [2.05, 4.69) is 10.5 Å². The van der Waals surface area contributed by atoms with Crippen molar-refractivity contribution in [3.05, 3.63) is 17.5 Å². The van der Waals surface area contributed by atoms with Crippen LogP contribution in [0.25, 0.3) is 0 Å². The first-order valence-electron chi connectivity index (χ1n) is 7.17. The molecule has 0 bridgehead atoms. The second-order valence-corrected chi connectivity index (χ2v) is 5.69. The summed E-state index contributed by atoms with van der Waals surface area (Å²) in [5.41, 5.74) is 0.876. The highest BCUT2D eigenvalue weighted by molar-refractivity contribution is 5.79. The van der Waals surface area contributed by atoms with Gasteiger partial charge >= 0.3 is 0 Å². The number of aryl methyl sites for hydroxylation is 1. The average molecular weight is 263 g/mol. The van der Waals surface area contributed by atoms with Crippen LogP contribution in [0.15, 0.2) is 10.6 Å². The summed E-state index contributed by atoms with van der Waals surface area (Å²) in [6.45, 7) is 4.16. The third kappa shape index (κ3) is 2.97. The fourth-order valence-corrected chi connectivity index (χ4v) is 2.71. The van der Waals surface area contributed by atoms with Gasteiger partial charge in [-0.3, -0.25) is 4.79 Å². The Morgan fingerprint density at radius 3 is 3.05 bits per heavy atom. The van der Waals surface area contributed by atoms with Gasteiger partial charge in [0.1, 0.15) is 0 Å². The molecule has 1 aliphatic carbocycles. The largest absolute Gasteiger partial charge is 0.359 e. The van der Waals surface area contributed by atoms with Crippen LogP contribution in [-0.4, -0.2) is 35.6 Å². The van der Waals surface area contributed by atoms with Crippen molar-refractivity contribution < 1.29 is 9.32 Å². The van der Waals surface area contributed by atoms with E-state index in [0.29, 0.717) is 6.54 Å². The number of rotatable bonds is 5. The van der Waals surface area contributed by atoms with E-state index in [1.54, 1.807) is 0 Å². The minimum absolute atomic E-state index is 0.0800. The molecule has 2 heterocycles. The molecule has 0 spiro atoms. The van der Waals surface area contributed by atoms with Crippen LogP contribution in [0.3, 0.4) is 0 Å². The molecule has 2 aliphatic rings. The highest BCUT2D eigenvalue weighted by Gasteiger charge is 2.32. The molecule has 1 saturated carbocycles. The van der Waals surface area contributed by atoms with Crippen LogP contribution in [-0.2, 0) is 4.79 Å². The van der Waals surface area contributed by atoms with Crippen molar-refractivity contribution in [2.75, 3.05) is 19.6 Å². The molecule has 19 heavy (non-hydrogen) atoms. The van der Waals surface area contributed by atoms with E-state index < -0.39 is 0 Å². The van der Waals surface area contributed by atoms with Gasteiger partial charge in [0.15, 0.2) is 5.76 Å². The Morgan fingerprint density at radius 1 is 1.53 bits per heavy atom. The Bertz CT molecular complexity index is 453. The maximum absolute atomic E-state index is 12.2. The van der Waals surface area contributed by atoms with E-state index in [4.69, 9.17) is 4.52 Å². The lowest BCUT2D eigenvalue weighted by atomic mass is 10.1. The normalized spacial score (nSPS) is 23.0. The standard InChI is InChI=1S/C14H21N3O2/c1-10-7-13(19-16-10)12-3-2-6-17(12)14(18)9-15-8-11-4-5-11/h7,11-12,15H,2-6,8-9H2,1H3. The van der Waals surface area contributed by atoms with Gasteiger partial charge in [-0.2, -0.15) is 0 Å². The van der Waals surface area contributed by atoms with Gasteiger partial charge in [-0.25, -0.2) is 0 Å². The summed E-state index contributed by atoms with van der Waals surface area (Å²) < 4.78 is 5.32. The van der Waals surface area contributed by atoms with Crippen LogP contribution in [0.2, 0.25) is 0 Å². The summed E-state index contributed by atoms with van der Waals surface area (Å²) in [6.07, 6.45) is 4.64. The van der Waals surface area contributed by atoms with Crippen molar-refractivity contribution in [2.24, 2.45) is 5.92 Å². The summed E-state index contributed by atoms with van der Waals surface area (Å²) in [5.74, 6) is 1.81. The fourth-order valence-electron chi connectivity index (χ4n) is 2.71. The molecule has 1 N–H and O–H groups in total. The number of likely N-dealkylation sites (tertiary alicyclic amines) is 1. The monoisotopic (exact) mass is 263 g/mol. The lowest BCUT2D eigenvalue weighted by molar-refractivity contribution is -0.131. The predicted octanol–water partition coefficient (Wildman–Crippen LogP) is 1.65. The molecule has 1 unspecified atom stereocenters. The van der Waals surface area contributed by atoms with Crippen molar-refractivity contribution in [1.29, 1.82) is 0 Å². The second-order valence-electron chi connectivity index (χ2n) is 5.69. The quantitative estimate of drug-likeness (QED) is 0.877. The SMILES string of the molecule is Cc1cc(C2CCCN2C(=O)CNCC2CC2)on1. The Hall–Kier alpha value is -1.36. The van der Waals surface area contributed by atoms with Crippen LogP contribution in [0.5, 0.6) is 0 Å². The number of hydrogen-bond donors (Lipinski definition) is 1. The molecule has 1 amide bonds. The molecule has 5 nitrogen and oxygen atoms in total. The predicted molar refractivity (Wildman–Crippen MR) is 70.5 cm³/mol. The van der Waals surface area contributed by atoms with Crippen molar-refractivity contribution in [2.45, 2.75) is 38.6 Å². The zero-order chi connectivity index (χ0) is 13.2. The molecule has 3 rings (SSSR count). The van der Waals surface area contributed by atoms with Crippen LogP contribution in [0, 0.1) is 12.8 Å². The summed E-state index contributed by atoms with van der Waals surface area (Å²) >= 11 is 0. The van der Waals surface area contributed by atoms with Gasteiger partial charge in [0, 0.05) is 12.6 Å². The molecular weight excluding hydrogens is 242 g/mol. The lowest BCUT2D eigenvalue weighted by Crippen LogP contribution is -2.38. The molecule has 104 valence electrons. The van der Waals surface area contributed by atoms with Gasteiger partial charge in [0.2, 0.25) is 5.91 Å². The average Bonchev–Trinajstić information content (AvgIpc) is 2.91. The first kappa shape index (κ1) is 12.7. The fraction of sp³-hybridized carbons (Fsp3) is 0.714. The third-order valence-electron chi connectivity index (χ3n) is 3.95. The molecule has 1 aromatic rings. The van der Waals surface area contributed by atoms with E-state index in [1.165, 1.54) is 12.8 Å². The Morgan fingerprint density at radius 2 is 2.37 bits per heavy atom. The van der Waals surface area contributed by atoms with Gasteiger partial charge in [0.25, 0.3) is 0 Å². The van der Waals surface area contributed by atoms with Gasteiger partial charge in [0.05, 0.1) is 18.3 Å². The first-order valence-corrected chi connectivity index (χ1v) is 7.17. The number of amides is 1. The van der Waals surface area contributed by atoms with Crippen LogP contribution in [0.4, 0.5) is 0 Å². The second kappa shape index (κ2) is 5.33. The molecule has 1 aromatic heterocycles. The van der Waals surface area contributed by atoms with Gasteiger partial charge in [-0.05, 0) is 45.1 Å². The van der Waals surface area contributed by atoms with Crippen molar-refractivity contribution in [3.63, 3.8) is 0 Å². The minimum Gasteiger partial charge on any atom is -0.359 e. The smallest absolute Gasteiger partial charge is 0.237 e. The molecule has 1 atom stereocenters. The van der Waals surface area contributed by atoms with E-state index in [9.17, 15) is 4.79 Å². The van der Waals surface area contributed by atoms with Gasteiger partial charge < -0.3 is 14.7 Å². The van der Waals surface area contributed by atoms with Crippen LogP contribution in [0.1, 0.15) is 43.2 Å². The topological polar surface area (TPSA) is 58.4 Å². The van der Waals surface area contributed by atoms with Gasteiger partial charge in [-0.15, -0.1) is 0 Å². The van der Waals surface area contributed by atoms with Crippen molar-refractivity contribution in [1.82, 2.24) is 15.4 Å². The van der Waals surface area contributed by atoms with E-state index in [0.717, 1.165) is 43.3 Å². The summed E-state index contributed by atoms with van der Waals surface area (Å²) in [4.78, 5) is 14.2. The Kier molecular flexibility index (Phi) is 3.55. The number of hydrogen-bond acceptors (Lipinski definition) is 4. The molecular formula is C14H21N3O2. The van der Waals surface area contributed by atoms with Crippen molar-refractivity contribution >= 4 is 5.91 Å². The summed E-state index contributed by atoms with van der Waals surface area (Å²) in [7, 11) is 0. The summed E-state index contributed by atoms with van der Waals surface area (Å²) in [6, 6.07) is 2.02. The number of nitrogens with one attached hydrogen (secondary N) is 1. The number of carbonyl (C=O) groups is 1. The molecule has 1 saturated heterocycles. The molecule has 1 aliphatic heterocycles. The highest BCUT2D eigenvalue weighted by Crippen LogP contribution is 2.32. The first-order chi connectivity index (χ1) is 9.24. The molecule has 0 radical (unpaired) electrons. The van der Waals surface area contributed by atoms with Crippen LogP contribution < -0.4 is 5.32 Å². The zero-order valence-electron chi connectivity index (χ0n) is 11.4. The van der Waals surface area contributed by atoms with E-state index >= 15 is 0 Å². The lowest BCUT2D eigenvalue weighted by Gasteiger charge is -2.22. The number of nitrogens with zero attached hydrogens (tertiary/aromatic N) is 2. The Balaban J connectivity index is 1.56. The molecule has 5 heteroatoms. The third-order valence-corrected chi connectivity index (χ3v) is 3.95. The molecule has 2 fully saturated rings. The maximum Gasteiger partial charge on any atom is 0.237 e. The molecule has 0 aromatic carbocycles. The van der Waals surface area contributed by atoms with E-state index in [1.807, 2.05) is 17.9 Å².